The van der Waals surface area contributed by atoms with Gasteiger partial charge in [-0.25, -0.2) is 0 Å². The van der Waals surface area contributed by atoms with Gasteiger partial charge in [-0.2, -0.15) is 0 Å². The first-order valence-electron chi connectivity index (χ1n) is 11.5. The van der Waals surface area contributed by atoms with Crippen molar-refractivity contribution in [3.8, 4) is 0 Å². The fraction of sp³-hybridized carbons (Fsp3) is 0.500. The molecule has 3 amide bonds. The molecule has 1 aromatic heterocycles. The minimum absolute atomic E-state index is 0.00429. The van der Waals surface area contributed by atoms with Crippen molar-refractivity contribution in [3.63, 3.8) is 0 Å². The minimum atomic E-state index is -1.36. The molecule has 0 aliphatic rings. The van der Waals surface area contributed by atoms with Crippen molar-refractivity contribution >= 4 is 34.6 Å². The molecule has 0 fully saturated rings. The molecule has 8 N–H and O–H groups in total. The molecule has 35 heavy (non-hydrogen) atoms. The van der Waals surface area contributed by atoms with Gasteiger partial charge >= 0.3 is 5.97 Å². The lowest BCUT2D eigenvalue weighted by atomic mass is 10.0. The Labute approximate surface area is 203 Å². The number of carboxylic acids is 1. The van der Waals surface area contributed by atoms with Gasteiger partial charge in [-0.15, -0.1) is 0 Å². The third kappa shape index (κ3) is 7.79. The number of para-hydroxylation sites is 1. The average Bonchev–Trinajstić information content (AvgIpc) is 3.18. The van der Waals surface area contributed by atoms with E-state index < -0.39 is 54.0 Å². The second-order valence-electron chi connectivity index (χ2n) is 9.16. The number of carbonyl (C=O) groups excluding carboxylic acids is 3. The van der Waals surface area contributed by atoms with Gasteiger partial charge < -0.3 is 36.9 Å². The van der Waals surface area contributed by atoms with Gasteiger partial charge in [-0.1, -0.05) is 32.0 Å². The van der Waals surface area contributed by atoms with Gasteiger partial charge in [-0.3, -0.25) is 19.2 Å². The summed E-state index contributed by atoms with van der Waals surface area (Å²) in [5, 5.41) is 27.5. The first kappa shape index (κ1) is 27.8. The highest BCUT2D eigenvalue weighted by atomic mass is 16.4. The van der Waals surface area contributed by atoms with Crippen LogP contribution in [0.2, 0.25) is 0 Å². The summed E-state index contributed by atoms with van der Waals surface area (Å²) in [5.74, 6) is -3.31. The lowest BCUT2D eigenvalue weighted by Crippen LogP contribution is -2.60. The Morgan fingerprint density at radius 1 is 0.971 bits per heavy atom. The predicted octanol–water partition coefficient (Wildman–Crippen LogP) is 0.0235. The summed E-state index contributed by atoms with van der Waals surface area (Å²) in [6.45, 7) is 6.32. The van der Waals surface area contributed by atoms with E-state index in [0.717, 1.165) is 16.5 Å². The molecular weight excluding hydrogens is 454 g/mol. The van der Waals surface area contributed by atoms with Gasteiger partial charge in [0, 0.05) is 17.1 Å². The number of aromatic amines is 1. The SMILES string of the molecule is CC(C)CC(NC(=O)C(NC(=O)C(N)Cc1c[nH]c2ccccc12)C(C)O)C(=O)NC(C)C(=O)O. The average molecular weight is 490 g/mol. The maximum Gasteiger partial charge on any atom is 0.325 e. The molecule has 2 rings (SSSR count). The number of carbonyl (C=O) groups is 4. The van der Waals surface area contributed by atoms with Crippen molar-refractivity contribution in [2.24, 2.45) is 11.7 Å². The number of carboxylic acid groups (broad SMARTS) is 1. The normalized spacial score (nSPS) is 15.6. The molecule has 11 heteroatoms. The Hall–Kier alpha value is -3.44. The molecule has 0 aliphatic heterocycles. The smallest absolute Gasteiger partial charge is 0.325 e. The molecule has 0 saturated carbocycles. The van der Waals surface area contributed by atoms with Crippen LogP contribution in [-0.4, -0.2) is 69.2 Å². The molecule has 0 spiro atoms. The Morgan fingerprint density at radius 2 is 1.63 bits per heavy atom. The van der Waals surface area contributed by atoms with E-state index in [4.69, 9.17) is 10.8 Å². The molecule has 192 valence electrons. The number of hydrogen-bond donors (Lipinski definition) is 7. The number of aliphatic hydroxyl groups is 1. The quantitative estimate of drug-likeness (QED) is 0.219. The molecule has 5 unspecified atom stereocenters. The van der Waals surface area contributed by atoms with Crippen molar-refractivity contribution in [2.45, 2.75) is 70.8 Å². The maximum atomic E-state index is 12.9. The number of aromatic nitrogens is 1. The summed E-state index contributed by atoms with van der Waals surface area (Å²) in [5.41, 5.74) is 7.83. The van der Waals surface area contributed by atoms with E-state index in [1.54, 1.807) is 6.20 Å². The number of nitrogens with one attached hydrogen (secondary N) is 4. The molecule has 11 nitrogen and oxygen atoms in total. The van der Waals surface area contributed by atoms with Crippen LogP contribution in [0, 0.1) is 5.92 Å². The van der Waals surface area contributed by atoms with Crippen LogP contribution in [0.25, 0.3) is 10.9 Å². The van der Waals surface area contributed by atoms with Crippen molar-refractivity contribution in [1.29, 1.82) is 0 Å². The van der Waals surface area contributed by atoms with Crippen molar-refractivity contribution < 1.29 is 29.4 Å². The summed E-state index contributed by atoms with van der Waals surface area (Å²) in [7, 11) is 0. The number of aliphatic hydroxyl groups excluding tert-OH is 1. The molecule has 0 bridgehead atoms. The van der Waals surface area contributed by atoms with Gasteiger partial charge in [-0.05, 0) is 44.2 Å². The molecule has 5 atom stereocenters. The van der Waals surface area contributed by atoms with Crippen LogP contribution in [0.3, 0.4) is 0 Å². The summed E-state index contributed by atoms with van der Waals surface area (Å²) >= 11 is 0. The van der Waals surface area contributed by atoms with E-state index in [1.807, 2.05) is 38.1 Å². The van der Waals surface area contributed by atoms with E-state index in [1.165, 1.54) is 13.8 Å². The van der Waals surface area contributed by atoms with Crippen LogP contribution >= 0.6 is 0 Å². The van der Waals surface area contributed by atoms with Gasteiger partial charge in [0.2, 0.25) is 17.7 Å². The number of H-pyrrole nitrogens is 1. The van der Waals surface area contributed by atoms with E-state index in [0.29, 0.717) is 0 Å². The highest BCUT2D eigenvalue weighted by Crippen LogP contribution is 2.18. The van der Waals surface area contributed by atoms with Crippen LogP contribution in [0.5, 0.6) is 0 Å². The second kappa shape index (κ2) is 12.3. The highest BCUT2D eigenvalue weighted by molar-refractivity contribution is 5.94. The van der Waals surface area contributed by atoms with Crippen LogP contribution in [0.1, 0.15) is 39.7 Å². The third-order valence-electron chi connectivity index (χ3n) is 5.58. The largest absolute Gasteiger partial charge is 0.480 e. The number of aliphatic carboxylic acids is 1. The summed E-state index contributed by atoms with van der Waals surface area (Å²) < 4.78 is 0. The summed E-state index contributed by atoms with van der Waals surface area (Å²) in [6, 6.07) is 3.01. The summed E-state index contributed by atoms with van der Waals surface area (Å²) in [4.78, 5) is 52.4. The van der Waals surface area contributed by atoms with Gasteiger partial charge in [0.1, 0.15) is 18.1 Å². The Bertz CT molecular complexity index is 1050. The zero-order valence-electron chi connectivity index (χ0n) is 20.4. The Morgan fingerprint density at radius 3 is 2.23 bits per heavy atom. The number of fused-ring (bicyclic) bond motifs is 1. The number of amides is 3. The zero-order valence-corrected chi connectivity index (χ0v) is 20.4. The maximum absolute atomic E-state index is 12.9. The Kier molecular flexibility index (Phi) is 9.78. The monoisotopic (exact) mass is 489 g/mol. The summed E-state index contributed by atoms with van der Waals surface area (Å²) in [6.07, 6.45) is 0.920. The lowest BCUT2D eigenvalue weighted by molar-refractivity contribution is -0.142. The van der Waals surface area contributed by atoms with Crippen molar-refractivity contribution in [3.05, 3.63) is 36.0 Å². The van der Waals surface area contributed by atoms with Gasteiger partial charge in [0.05, 0.1) is 12.1 Å². The van der Waals surface area contributed by atoms with Crippen LogP contribution in [-0.2, 0) is 25.6 Å². The number of benzene rings is 1. The second-order valence-corrected chi connectivity index (χ2v) is 9.16. The van der Waals surface area contributed by atoms with Crippen molar-refractivity contribution in [1.82, 2.24) is 20.9 Å². The topological polar surface area (TPSA) is 187 Å². The molecule has 1 heterocycles. The zero-order chi connectivity index (χ0) is 26.3. The van der Waals surface area contributed by atoms with Crippen LogP contribution in [0.4, 0.5) is 0 Å². The fourth-order valence-corrected chi connectivity index (χ4v) is 3.64. The molecule has 2 aromatic rings. The minimum Gasteiger partial charge on any atom is -0.480 e. The highest BCUT2D eigenvalue weighted by Gasteiger charge is 2.32. The first-order valence-corrected chi connectivity index (χ1v) is 11.5. The number of nitrogens with two attached hydrogens (primary N) is 1. The van der Waals surface area contributed by atoms with Gasteiger partial charge in [0.15, 0.2) is 0 Å². The van der Waals surface area contributed by atoms with E-state index in [-0.39, 0.29) is 18.8 Å². The fourth-order valence-electron chi connectivity index (χ4n) is 3.64. The first-order chi connectivity index (χ1) is 16.4. The standard InChI is InChI=1S/C24H35N5O6/c1-12(2)9-19(22(32)27-13(3)24(34)35)28-23(33)20(14(4)30)29-21(31)17(25)10-15-11-26-18-8-6-5-7-16(15)18/h5-8,11-14,17,19-20,26,30H,9-10,25H2,1-4H3,(H,27,32)(H,28,33)(H,29,31)(H,34,35). The van der Waals surface area contributed by atoms with Crippen molar-refractivity contribution in [2.75, 3.05) is 0 Å². The van der Waals surface area contributed by atoms with Crippen LogP contribution < -0.4 is 21.7 Å². The Balaban J connectivity index is 2.08. The molecular formula is C24H35N5O6. The molecule has 0 aliphatic carbocycles. The lowest BCUT2D eigenvalue weighted by Gasteiger charge is -2.26. The molecule has 1 aromatic carbocycles. The molecule has 0 saturated heterocycles. The van der Waals surface area contributed by atoms with E-state index >= 15 is 0 Å². The molecule has 0 radical (unpaired) electrons. The van der Waals surface area contributed by atoms with Gasteiger partial charge in [0.25, 0.3) is 0 Å². The van der Waals surface area contributed by atoms with E-state index in [9.17, 15) is 24.3 Å². The third-order valence-corrected chi connectivity index (χ3v) is 5.58. The predicted molar refractivity (Wildman–Crippen MR) is 130 cm³/mol. The van der Waals surface area contributed by atoms with E-state index in [2.05, 4.69) is 20.9 Å². The van der Waals surface area contributed by atoms with Crippen LogP contribution in [0.15, 0.2) is 30.5 Å². The number of rotatable bonds is 12. The number of hydrogen-bond acceptors (Lipinski definition) is 6.